The van der Waals surface area contributed by atoms with Crippen molar-refractivity contribution in [3.63, 3.8) is 0 Å². The maximum Gasteiger partial charge on any atom is 0.327 e. The zero-order valence-electron chi connectivity index (χ0n) is 5.11. The van der Waals surface area contributed by atoms with E-state index in [1.807, 2.05) is 0 Å². The van der Waals surface area contributed by atoms with Gasteiger partial charge in [-0.05, 0) is 0 Å². The lowest BCUT2D eigenvalue weighted by Gasteiger charge is -2.23. The number of hydrogen-bond acceptors (Lipinski definition) is 4. The molecule has 1 aliphatic heterocycles. The smallest absolute Gasteiger partial charge is 0.327 e. The van der Waals surface area contributed by atoms with E-state index in [4.69, 9.17) is 16.7 Å². The monoisotopic (exact) mass is 210 g/mol. The second kappa shape index (κ2) is 3.51. The molecule has 0 aromatic rings. The number of aliphatic carboxylic acids is 1. The van der Waals surface area contributed by atoms with E-state index in [0.717, 1.165) is 23.5 Å². The summed E-state index contributed by atoms with van der Waals surface area (Å²) in [7, 11) is 0. The van der Waals surface area contributed by atoms with Crippen molar-refractivity contribution in [3.05, 3.63) is 9.27 Å². The van der Waals surface area contributed by atoms with Crippen LogP contribution in [-0.2, 0) is 9.59 Å². The molecule has 1 saturated heterocycles. The molecule has 3 nitrogen and oxygen atoms in total. The Labute approximate surface area is 76.2 Å². The molecule has 1 fully saturated rings. The van der Waals surface area contributed by atoms with Crippen LogP contribution in [-0.4, -0.2) is 21.9 Å². The van der Waals surface area contributed by atoms with Gasteiger partial charge >= 0.3 is 5.97 Å². The molecule has 0 spiro atoms. The molecular weight excluding hydrogens is 208 g/mol. The molecule has 0 aliphatic carbocycles. The molecule has 1 heterocycles. The summed E-state index contributed by atoms with van der Waals surface area (Å²) in [5, 5.41) is 8.50. The lowest BCUT2D eigenvalue weighted by molar-refractivity contribution is -0.134. The number of allylic oxidation sites excluding steroid dienone is 1. The Bertz CT molecular complexity index is 230. The predicted molar refractivity (Wildman–Crippen MR) is 45.5 cm³/mol. The SMILES string of the molecule is O=CC(Cl)=C1SC(C(=O)O)S1. The van der Waals surface area contributed by atoms with E-state index >= 15 is 0 Å². The summed E-state index contributed by atoms with van der Waals surface area (Å²) in [6, 6.07) is 0. The van der Waals surface area contributed by atoms with Crippen LogP contribution < -0.4 is 0 Å². The molecule has 1 N–H and O–H groups in total. The molecule has 0 aromatic carbocycles. The maximum absolute atomic E-state index is 10.2. The number of hydrogen-bond donors (Lipinski definition) is 1. The molecule has 6 heteroatoms. The topological polar surface area (TPSA) is 54.4 Å². The van der Waals surface area contributed by atoms with Crippen molar-refractivity contribution in [1.29, 1.82) is 0 Å². The minimum absolute atomic E-state index is 0.0949. The lowest BCUT2D eigenvalue weighted by atomic mass is 10.7. The van der Waals surface area contributed by atoms with Crippen LogP contribution in [0.5, 0.6) is 0 Å². The highest BCUT2D eigenvalue weighted by molar-refractivity contribution is 8.39. The normalized spacial score (nSPS) is 22.3. The van der Waals surface area contributed by atoms with E-state index in [1.54, 1.807) is 0 Å². The van der Waals surface area contributed by atoms with Crippen LogP contribution in [0.3, 0.4) is 0 Å². The summed E-state index contributed by atoms with van der Waals surface area (Å²) in [5.74, 6) is -0.890. The van der Waals surface area contributed by atoms with Gasteiger partial charge in [-0.15, -0.1) is 0 Å². The average molecular weight is 211 g/mol. The third-order valence-corrected chi connectivity index (χ3v) is 4.28. The van der Waals surface area contributed by atoms with Gasteiger partial charge in [-0.25, -0.2) is 0 Å². The van der Waals surface area contributed by atoms with E-state index in [9.17, 15) is 9.59 Å². The van der Waals surface area contributed by atoms with Gasteiger partial charge in [-0.3, -0.25) is 9.59 Å². The number of carbonyl (C=O) groups excluding carboxylic acids is 1. The fourth-order valence-corrected chi connectivity index (χ4v) is 2.53. The maximum atomic E-state index is 10.2. The highest BCUT2D eigenvalue weighted by Gasteiger charge is 2.33. The highest BCUT2D eigenvalue weighted by Crippen LogP contribution is 2.52. The number of aldehydes is 1. The summed E-state index contributed by atoms with van der Waals surface area (Å²) in [4.78, 5) is 20.3. The quantitative estimate of drug-likeness (QED) is 0.553. The van der Waals surface area contributed by atoms with Crippen LogP contribution in [0.2, 0.25) is 0 Å². The van der Waals surface area contributed by atoms with Crippen molar-refractivity contribution in [2.75, 3.05) is 0 Å². The molecule has 0 bridgehead atoms. The van der Waals surface area contributed by atoms with Crippen LogP contribution >= 0.6 is 35.1 Å². The van der Waals surface area contributed by atoms with Crippen molar-refractivity contribution in [1.82, 2.24) is 0 Å². The van der Waals surface area contributed by atoms with E-state index < -0.39 is 10.6 Å². The molecule has 0 saturated carbocycles. The van der Waals surface area contributed by atoms with Crippen molar-refractivity contribution < 1.29 is 14.7 Å². The Morgan fingerprint density at radius 3 is 2.55 bits per heavy atom. The van der Waals surface area contributed by atoms with E-state index in [0.29, 0.717) is 10.5 Å². The van der Waals surface area contributed by atoms with Crippen molar-refractivity contribution >= 4 is 47.4 Å². The summed E-state index contributed by atoms with van der Waals surface area (Å²) in [5.41, 5.74) is 0. The molecule has 0 radical (unpaired) electrons. The fourth-order valence-electron chi connectivity index (χ4n) is 0.465. The molecule has 11 heavy (non-hydrogen) atoms. The summed E-state index contributed by atoms with van der Waals surface area (Å²) in [6.07, 6.45) is 0.509. The second-order valence-electron chi connectivity index (χ2n) is 1.66. The molecular formula is C5H3ClO3S2. The Morgan fingerprint density at radius 1 is 1.64 bits per heavy atom. The van der Waals surface area contributed by atoms with Crippen LogP contribution in [0.25, 0.3) is 0 Å². The first-order chi connectivity index (χ1) is 5.15. The number of carbonyl (C=O) groups is 2. The molecule has 1 aliphatic rings. The fraction of sp³-hybridized carbons (Fsp3) is 0.200. The van der Waals surface area contributed by atoms with Gasteiger partial charge < -0.3 is 5.11 Å². The van der Waals surface area contributed by atoms with E-state index in [2.05, 4.69) is 0 Å². The number of rotatable bonds is 2. The van der Waals surface area contributed by atoms with Gasteiger partial charge in [0, 0.05) is 0 Å². The van der Waals surface area contributed by atoms with Crippen LogP contribution in [0.4, 0.5) is 0 Å². The zero-order valence-corrected chi connectivity index (χ0v) is 7.50. The Morgan fingerprint density at radius 2 is 2.18 bits per heavy atom. The van der Waals surface area contributed by atoms with E-state index in [-0.39, 0.29) is 5.03 Å². The first-order valence-corrected chi connectivity index (χ1v) is 4.70. The Kier molecular flexibility index (Phi) is 2.86. The van der Waals surface area contributed by atoms with Crippen LogP contribution in [0, 0.1) is 0 Å². The first kappa shape index (κ1) is 8.96. The number of thioether (sulfide) groups is 2. The molecule has 0 aromatic heterocycles. The van der Waals surface area contributed by atoms with Gasteiger partial charge in [0.25, 0.3) is 0 Å². The van der Waals surface area contributed by atoms with Crippen molar-refractivity contribution in [2.24, 2.45) is 0 Å². The lowest BCUT2D eigenvalue weighted by Crippen LogP contribution is -2.18. The van der Waals surface area contributed by atoms with Gasteiger partial charge in [0.05, 0.1) is 4.24 Å². The van der Waals surface area contributed by atoms with Gasteiger partial charge in [0.2, 0.25) is 0 Å². The minimum Gasteiger partial charge on any atom is -0.480 e. The summed E-state index contributed by atoms with van der Waals surface area (Å²) < 4.78 is 0.0905. The third kappa shape index (κ3) is 1.91. The third-order valence-electron chi connectivity index (χ3n) is 0.928. The number of carboxylic acids is 1. The Balaban J connectivity index is 2.52. The average Bonchev–Trinajstić information content (AvgIpc) is 1.83. The standard InChI is InChI=1S/C5H3ClO3S2/c6-2(1-7)4-10-5(11-4)3(8)9/h1,5H,(H,8,9). The molecule has 0 unspecified atom stereocenters. The summed E-state index contributed by atoms with van der Waals surface area (Å²) >= 11 is 7.60. The van der Waals surface area contributed by atoms with Crippen LogP contribution in [0.15, 0.2) is 9.27 Å². The van der Waals surface area contributed by atoms with Gasteiger partial charge in [0.15, 0.2) is 10.9 Å². The minimum atomic E-state index is -0.890. The largest absolute Gasteiger partial charge is 0.480 e. The predicted octanol–water partition coefficient (Wildman–Crippen LogP) is 1.48. The molecule has 60 valence electrons. The van der Waals surface area contributed by atoms with Crippen molar-refractivity contribution in [3.8, 4) is 0 Å². The van der Waals surface area contributed by atoms with Gasteiger partial charge in [-0.2, -0.15) is 0 Å². The highest BCUT2D eigenvalue weighted by atomic mass is 35.5. The first-order valence-electron chi connectivity index (χ1n) is 2.56. The van der Waals surface area contributed by atoms with Crippen LogP contribution in [0.1, 0.15) is 0 Å². The van der Waals surface area contributed by atoms with E-state index in [1.165, 1.54) is 0 Å². The molecule has 0 atom stereocenters. The van der Waals surface area contributed by atoms with Crippen molar-refractivity contribution in [2.45, 2.75) is 4.58 Å². The number of carboxylic acid groups (broad SMARTS) is 1. The number of halogens is 1. The zero-order chi connectivity index (χ0) is 8.43. The van der Waals surface area contributed by atoms with Gasteiger partial charge in [-0.1, -0.05) is 35.1 Å². The van der Waals surface area contributed by atoms with Gasteiger partial charge in [0.1, 0.15) is 5.03 Å². The summed E-state index contributed by atoms with van der Waals surface area (Å²) in [6.45, 7) is 0. The second-order valence-corrected chi connectivity index (χ2v) is 4.85. The molecule has 1 rings (SSSR count). The Hall–Kier alpha value is -0.130. The molecule has 0 amide bonds.